The Balaban J connectivity index is 2.59. The molecule has 0 aromatic heterocycles. The minimum atomic E-state index is -1.11. The van der Waals surface area contributed by atoms with Crippen LogP contribution >= 0.6 is 0 Å². The monoisotopic (exact) mass is 208 g/mol. The van der Waals surface area contributed by atoms with Crippen molar-refractivity contribution in [3.05, 3.63) is 29.8 Å². The van der Waals surface area contributed by atoms with Crippen LogP contribution in [0.15, 0.2) is 29.4 Å². The van der Waals surface area contributed by atoms with E-state index in [9.17, 15) is 9.90 Å². The van der Waals surface area contributed by atoms with Crippen molar-refractivity contribution in [3.8, 4) is 5.75 Å². The molecule has 0 heterocycles. The quantitative estimate of drug-likeness (QED) is 0.491. The highest BCUT2D eigenvalue weighted by Crippen LogP contribution is 2.12. The van der Waals surface area contributed by atoms with E-state index in [1.165, 1.54) is 19.2 Å². The molecule has 0 saturated carbocycles. The van der Waals surface area contributed by atoms with Crippen molar-refractivity contribution < 1.29 is 15.0 Å². The number of aromatic hydroxyl groups is 1. The molecule has 0 fully saturated rings. The summed E-state index contributed by atoms with van der Waals surface area (Å²) < 4.78 is 0. The van der Waals surface area contributed by atoms with Crippen molar-refractivity contribution in [1.82, 2.24) is 5.43 Å². The van der Waals surface area contributed by atoms with Crippen molar-refractivity contribution in [3.63, 3.8) is 0 Å². The van der Waals surface area contributed by atoms with E-state index < -0.39 is 12.0 Å². The first-order valence-corrected chi connectivity index (χ1v) is 4.40. The number of carbonyl (C=O) groups excluding carboxylic acids is 1. The fraction of sp³-hybridized carbons (Fsp3) is 0.200. The molecule has 0 aliphatic rings. The van der Waals surface area contributed by atoms with E-state index in [1.807, 2.05) is 0 Å². The zero-order chi connectivity index (χ0) is 11.3. The lowest BCUT2D eigenvalue weighted by Gasteiger charge is -2.01. The number of benzene rings is 1. The minimum absolute atomic E-state index is 0.0764. The van der Waals surface area contributed by atoms with Gasteiger partial charge in [0, 0.05) is 5.56 Å². The fourth-order valence-electron chi connectivity index (χ4n) is 0.856. The highest BCUT2D eigenvalue weighted by atomic mass is 16.3. The van der Waals surface area contributed by atoms with Crippen LogP contribution in [0.5, 0.6) is 5.75 Å². The summed E-state index contributed by atoms with van der Waals surface area (Å²) in [5.41, 5.74) is 2.62. The van der Waals surface area contributed by atoms with Crippen LogP contribution in [-0.2, 0) is 4.79 Å². The van der Waals surface area contributed by atoms with Crippen LogP contribution in [-0.4, -0.2) is 28.4 Å². The van der Waals surface area contributed by atoms with Gasteiger partial charge in [0.2, 0.25) is 0 Å². The number of phenolic OH excluding ortho intramolecular Hbond substituents is 1. The van der Waals surface area contributed by atoms with Crippen molar-refractivity contribution in [2.45, 2.75) is 13.0 Å². The second kappa shape index (κ2) is 5.11. The molecule has 80 valence electrons. The molecule has 0 saturated heterocycles. The van der Waals surface area contributed by atoms with Gasteiger partial charge in [-0.15, -0.1) is 0 Å². The second-order valence-corrected chi connectivity index (χ2v) is 2.97. The number of hydrogen-bond acceptors (Lipinski definition) is 4. The summed E-state index contributed by atoms with van der Waals surface area (Å²) in [7, 11) is 0. The van der Waals surface area contributed by atoms with E-state index in [1.54, 1.807) is 18.2 Å². The van der Waals surface area contributed by atoms with Gasteiger partial charge >= 0.3 is 0 Å². The molecular weight excluding hydrogens is 196 g/mol. The van der Waals surface area contributed by atoms with Gasteiger partial charge in [-0.25, -0.2) is 5.43 Å². The van der Waals surface area contributed by atoms with Crippen LogP contribution in [0.25, 0.3) is 0 Å². The Labute approximate surface area is 87.1 Å². The lowest BCUT2D eigenvalue weighted by atomic mass is 10.2. The van der Waals surface area contributed by atoms with Gasteiger partial charge in [-0.1, -0.05) is 12.1 Å². The zero-order valence-electron chi connectivity index (χ0n) is 8.21. The molecule has 1 aromatic carbocycles. The molecule has 0 radical (unpaired) electrons. The number of nitrogens with one attached hydrogen (secondary N) is 1. The Morgan fingerprint density at radius 2 is 2.20 bits per heavy atom. The minimum Gasteiger partial charge on any atom is -0.507 e. The zero-order valence-corrected chi connectivity index (χ0v) is 8.21. The molecule has 1 amide bonds. The number of aliphatic hydroxyl groups is 1. The van der Waals surface area contributed by atoms with Gasteiger partial charge in [-0.3, -0.25) is 4.79 Å². The van der Waals surface area contributed by atoms with Gasteiger partial charge in [-0.05, 0) is 19.1 Å². The van der Waals surface area contributed by atoms with Crippen LogP contribution in [0.2, 0.25) is 0 Å². The summed E-state index contributed by atoms with van der Waals surface area (Å²) >= 11 is 0. The lowest BCUT2D eigenvalue weighted by Crippen LogP contribution is -2.28. The van der Waals surface area contributed by atoms with E-state index >= 15 is 0 Å². The van der Waals surface area contributed by atoms with Gasteiger partial charge in [0.15, 0.2) is 0 Å². The fourth-order valence-corrected chi connectivity index (χ4v) is 0.856. The van der Waals surface area contributed by atoms with E-state index in [-0.39, 0.29) is 5.75 Å². The number of phenols is 1. The molecule has 1 rings (SSSR count). The predicted molar refractivity (Wildman–Crippen MR) is 55.5 cm³/mol. The van der Waals surface area contributed by atoms with Gasteiger partial charge < -0.3 is 10.2 Å². The largest absolute Gasteiger partial charge is 0.507 e. The maximum atomic E-state index is 10.9. The average Bonchev–Trinajstić information content (AvgIpc) is 2.20. The molecule has 1 aromatic rings. The average molecular weight is 208 g/mol. The van der Waals surface area contributed by atoms with Crippen molar-refractivity contribution in [2.24, 2.45) is 5.10 Å². The second-order valence-electron chi connectivity index (χ2n) is 2.97. The van der Waals surface area contributed by atoms with E-state index in [4.69, 9.17) is 5.11 Å². The Kier molecular flexibility index (Phi) is 3.82. The van der Waals surface area contributed by atoms with Crippen molar-refractivity contribution in [2.75, 3.05) is 0 Å². The lowest BCUT2D eigenvalue weighted by molar-refractivity contribution is -0.128. The molecule has 1 atom stereocenters. The number of amides is 1. The third-order valence-electron chi connectivity index (χ3n) is 1.69. The molecule has 0 aliphatic heterocycles. The van der Waals surface area contributed by atoms with E-state index in [0.717, 1.165) is 0 Å². The van der Waals surface area contributed by atoms with Crippen LogP contribution in [0.4, 0.5) is 0 Å². The first kappa shape index (κ1) is 11.2. The highest BCUT2D eigenvalue weighted by molar-refractivity contribution is 5.85. The van der Waals surface area contributed by atoms with Crippen LogP contribution < -0.4 is 5.43 Å². The summed E-state index contributed by atoms with van der Waals surface area (Å²) in [6.07, 6.45) is 0.196. The molecule has 3 N–H and O–H groups in total. The Morgan fingerprint density at radius 1 is 1.53 bits per heavy atom. The number of carbonyl (C=O) groups is 1. The summed E-state index contributed by atoms with van der Waals surface area (Å²) in [4.78, 5) is 10.9. The number of hydrazone groups is 1. The van der Waals surface area contributed by atoms with Crippen molar-refractivity contribution >= 4 is 12.1 Å². The smallest absolute Gasteiger partial charge is 0.268 e. The molecule has 0 aliphatic carbocycles. The van der Waals surface area contributed by atoms with Gasteiger partial charge in [0.25, 0.3) is 5.91 Å². The molecule has 5 heteroatoms. The number of para-hydroxylation sites is 1. The summed E-state index contributed by atoms with van der Waals surface area (Å²) in [5.74, 6) is -0.519. The van der Waals surface area contributed by atoms with Crippen LogP contribution in [0, 0.1) is 0 Å². The number of aliphatic hydroxyl groups excluding tert-OH is 1. The standard InChI is InChI=1S/C10H12N2O3/c1-7(13)10(15)12-11-6-8-4-2-3-5-9(8)14/h2-7,13-14H,1H3,(H,12,15). The SMILES string of the molecule is CC(O)C(=O)NN=Cc1ccccc1O. The Hall–Kier alpha value is -1.88. The number of rotatable bonds is 3. The predicted octanol–water partition coefficient (Wildman–Crippen LogP) is 0.223. The summed E-state index contributed by atoms with van der Waals surface area (Å²) in [6.45, 7) is 1.34. The molecule has 0 bridgehead atoms. The van der Waals surface area contributed by atoms with E-state index in [0.29, 0.717) is 5.56 Å². The molecule has 0 spiro atoms. The van der Waals surface area contributed by atoms with Gasteiger partial charge in [0.1, 0.15) is 11.9 Å². The molecular formula is C10H12N2O3. The molecule has 15 heavy (non-hydrogen) atoms. The third kappa shape index (κ3) is 3.40. The summed E-state index contributed by atoms with van der Waals surface area (Å²) in [6, 6.07) is 6.57. The maximum Gasteiger partial charge on any atom is 0.268 e. The third-order valence-corrected chi connectivity index (χ3v) is 1.69. The van der Waals surface area contributed by atoms with Gasteiger partial charge in [0.05, 0.1) is 6.21 Å². The maximum absolute atomic E-state index is 10.9. The highest BCUT2D eigenvalue weighted by Gasteiger charge is 2.05. The number of hydrogen-bond donors (Lipinski definition) is 3. The molecule has 5 nitrogen and oxygen atoms in total. The summed E-state index contributed by atoms with van der Waals surface area (Å²) in [5, 5.41) is 21.7. The first-order valence-electron chi connectivity index (χ1n) is 4.40. The van der Waals surface area contributed by atoms with Crippen LogP contribution in [0.1, 0.15) is 12.5 Å². The van der Waals surface area contributed by atoms with Crippen molar-refractivity contribution in [1.29, 1.82) is 0 Å². The van der Waals surface area contributed by atoms with Crippen LogP contribution in [0.3, 0.4) is 0 Å². The van der Waals surface area contributed by atoms with Gasteiger partial charge in [-0.2, -0.15) is 5.10 Å². The Bertz CT molecular complexity index is 375. The topological polar surface area (TPSA) is 81.9 Å². The van der Waals surface area contributed by atoms with E-state index in [2.05, 4.69) is 10.5 Å². The molecule has 1 unspecified atom stereocenters. The Morgan fingerprint density at radius 3 is 2.80 bits per heavy atom. The normalized spacial score (nSPS) is 12.7. The first-order chi connectivity index (χ1) is 7.11. The number of nitrogens with zero attached hydrogens (tertiary/aromatic N) is 1.